The van der Waals surface area contributed by atoms with E-state index in [4.69, 9.17) is 9.47 Å². The lowest BCUT2D eigenvalue weighted by atomic mass is 9.99. The van der Waals surface area contributed by atoms with Crippen LogP contribution in [0.3, 0.4) is 0 Å². The molecule has 0 radical (unpaired) electrons. The number of carbonyl (C=O) groups excluding carboxylic acids is 1. The molecule has 1 aliphatic heterocycles. The van der Waals surface area contributed by atoms with Crippen molar-refractivity contribution >= 4 is 16.8 Å². The molecule has 0 atom stereocenters. The Morgan fingerprint density at radius 3 is 2.58 bits per heavy atom. The third-order valence-corrected chi connectivity index (χ3v) is 4.62. The topological polar surface area (TPSA) is 51.7 Å². The molecule has 0 spiro atoms. The van der Waals surface area contributed by atoms with Gasteiger partial charge in [0.25, 0.3) is 5.91 Å². The molecule has 0 aliphatic carbocycles. The van der Waals surface area contributed by atoms with Crippen LogP contribution in [-0.2, 0) is 4.74 Å². The van der Waals surface area contributed by atoms with Crippen LogP contribution in [0, 0.1) is 0 Å². The Balaban J connectivity index is 1.82. The fraction of sp³-hybridized carbons (Fsp3) is 0.238. The van der Waals surface area contributed by atoms with Crippen LogP contribution in [0.1, 0.15) is 10.4 Å². The number of methoxy groups -OCH3 is 1. The summed E-state index contributed by atoms with van der Waals surface area (Å²) in [5, 5.41) is 0.941. The maximum Gasteiger partial charge on any atom is 0.254 e. The van der Waals surface area contributed by atoms with E-state index in [1.165, 1.54) is 0 Å². The Hall–Kier alpha value is -2.92. The molecule has 0 saturated carbocycles. The van der Waals surface area contributed by atoms with Crippen LogP contribution < -0.4 is 4.74 Å². The van der Waals surface area contributed by atoms with Crippen molar-refractivity contribution in [2.24, 2.45) is 0 Å². The van der Waals surface area contributed by atoms with Gasteiger partial charge in [-0.25, -0.2) is 4.98 Å². The first kappa shape index (κ1) is 16.5. The maximum atomic E-state index is 12.8. The van der Waals surface area contributed by atoms with Gasteiger partial charge in [-0.3, -0.25) is 4.79 Å². The first-order chi connectivity index (χ1) is 12.8. The maximum absolute atomic E-state index is 12.8. The highest BCUT2D eigenvalue weighted by molar-refractivity contribution is 6.02. The summed E-state index contributed by atoms with van der Waals surface area (Å²) in [7, 11) is 1.61. The van der Waals surface area contributed by atoms with Crippen LogP contribution in [0.4, 0.5) is 0 Å². The second-order valence-corrected chi connectivity index (χ2v) is 6.21. The van der Waals surface area contributed by atoms with Crippen LogP contribution in [0.15, 0.2) is 54.6 Å². The van der Waals surface area contributed by atoms with Crippen molar-refractivity contribution in [1.29, 1.82) is 0 Å². The summed E-state index contributed by atoms with van der Waals surface area (Å²) in [6.07, 6.45) is 0. The Kier molecular flexibility index (Phi) is 4.54. The smallest absolute Gasteiger partial charge is 0.254 e. The Labute approximate surface area is 152 Å². The molecule has 1 fully saturated rings. The highest BCUT2D eigenvalue weighted by Crippen LogP contribution is 2.31. The number of nitrogens with zero attached hydrogens (tertiary/aromatic N) is 2. The van der Waals surface area contributed by atoms with Crippen molar-refractivity contribution in [3.63, 3.8) is 0 Å². The molecule has 26 heavy (non-hydrogen) atoms. The van der Waals surface area contributed by atoms with E-state index < -0.39 is 0 Å². The van der Waals surface area contributed by atoms with E-state index in [0.717, 1.165) is 22.0 Å². The van der Waals surface area contributed by atoms with Crippen LogP contribution >= 0.6 is 0 Å². The van der Waals surface area contributed by atoms with Crippen molar-refractivity contribution in [3.8, 4) is 17.0 Å². The summed E-state index contributed by atoms with van der Waals surface area (Å²) in [6, 6.07) is 17.6. The van der Waals surface area contributed by atoms with Gasteiger partial charge in [0.05, 0.1) is 25.8 Å². The molecule has 2 heterocycles. The van der Waals surface area contributed by atoms with E-state index in [9.17, 15) is 4.79 Å². The lowest BCUT2D eigenvalue weighted by molar-refractivity contribution is 0.0303. The number of pyridine rings is 1. The largest absolute Gasteiger partial charge is 0.481 e. The van der Waals surface area contributed by atoms with Crippen LogP contribution in [0.25, 0.3) is 22.0 Å². The molecule has 0 N–H and O–H groups in total. The number of carbonyl (C=O) groups is 1. The predicted octanol–water partition coefficient (Wildman–Crippen LogP) is 3.38. The predicted molar refractivity (Wildman–Crippen MR) is 100 cm³/mol. The number of amides is 1. The number of morpholine rings is 1. The zero-order chi connectivity index (χ0) is 17.9. The second kappa shape index (κ2) is 7.14. The minimum absolute atomic E-state index is 0.0324. The number of ether oxygens (including phenoxy) is 2. The molecule has 1 amide bonds. The highest BCUT2D eigenvalue weighted by atomic mass is 16.5. The van der Waals surface area contributed by atoms with Gasteiger partial charge in [0.1, 0.15) is 0 Å². The van der Waals surface area contributed by atoms with Gasteiger partial charge in [-0.05, 0) is 29.3 Å². The Morgan fingerprint density at radius 2 is 1.85 bits per heavy atom. The number of aromatic nitrogens is 1. The molecular formula is C21H20N2O3. The zero-order valence-corrected chi connectivity index (χ0v) is 14.6. The normalized spacial score (nSPS) is 14.4. The highest BCUT2D eigenvalue weighted by Gasteiger charge is 2.19. The first-order valence-corrected chi connectivity index (χ1v) is 8.67. The molecule has 1 saturated heterocycles. The van der Waals surface area contributed by atoms with Gasteiger partial charge in [0, 0.05) is 30.1 Å². The Morgan fingerprint density at radius 1 is 1.08 bits per heavy atom. The summed E-state index contributed by atoms with van der Waals surface area (Å²) < 4.78 is 10.7. The third kappa shape index (κ3) is 3.13. The van der Waals surface area contributed by atoms with Gasteiger partial charge < -0.3 is 14.4 Å². The van der Waals surface area contributed by atoms with E-state index in [1.54, 1.807) is 7.11 Å². The fourth-order valence-electron chi connectivity index (χ4n) is 3.24. The number of rotatable bonds is 3. The molecule has 0 unspecified atom stereocenters. The van der Waals surface area contributed by atoms with Crippen molar-refractivity contribution < 1.29 is 14.3 Å². The number of hydrogen-bond donors (Lipinski definition) is 0. The Bertz CT molecular complexity index is 935. The van der Waals surface area contributed by atoms with Gasteiger partial charge in [-0.1, -0.05) is 30.3 Å². The van der Waals surface area contributed by atoms with Crippen molar-refractivity contribution in [1.82, 2.24) is 9.88 Å². The number of benzene rings is 2. The third-order valence-electron chi connectivity index (χ3n) is 4.62. The van der Waals surface area contributed by atoms with Gasteiger partial charge in [-0.2, -0.15) is 0 Å². The average Bonchev–Trinajstić information content (AvgIpc) is 2.73. The van der Waals surface area contributed by atoms with E-state index in [0.29, 0.717) is 37.7 Å². The molecule has 1 aromatic heterocycles. The monoisotopic (exact) mass is 348 g/mol. The van der Waals surface area contributed by atoms with E-state index in [1.807, 2.05) is 59.5 Å². The molecule has 0 bridgehead atoms. The van der Waals surface area contributed by atoms with Gasteiger partial charge in [-0.15, -0.1) is 0 Å². The van der Waals surface area contributed by atoms with Crippen LogP contribution in [0.5, 0.6) is 5.88 Å². The molecule has 5 heteroatoms. The average molecular weight is 348 g/mol. The van der Waals surface area contributed by atoms with Gasteiger partial charge in [0.15, 0.2) is 0 Å². The SMILES string of the molecule is COc1cc(-c2ccccc2)c2cc(C(=O)N3CCOCC3)ccc2n1. The van der Waals surface area contributed by atoms with Crippen LogP contribution in [-0.4, -0.2) is 49.2 Å². The molecule has 1 aliphatic rings. The molecule has 3 aromatic rings. The minimum Gasteiger partial charge on any atom is -0.481 e. The number of fused-ring (bicyclic) bond motifs is 1. The second-order valence-electron chi connectivity index (χ2n) is 6.21. The van der Waals surface area contributed by atoms with Crippen molar-refractivity contribution in [2.75, 3.05) is 33.4 Å². The first-order valence-electron chi connectivity index (χ1n) is 8.67. The minimum atomic E-state index is 0.0324. The van der Waals surface area contributed by atoms with Crippen molar-refractivity contribution in [3.05, 3.63) is 60.2 Å². The standard InChI is InChI=1S/C21H20N2O3/c1-25-20-14-17(15-5-3-2-4-6-15)18-13-16(7-8-19(18)22-20)21(24)23-9-11-26-12-10-23/h2-8,13-14H,9-12H2,1H3. The molecule has 4 rings (SSSR count). The van der Waals surface area contributed by atoms with E-state index in [-0.39, 0.29) is 5.91 Å². The van der Waals surface area contributed by atoms with Crippen molar-refractivity contribution in [2.45, 2.75) is 0 Å². The van der Waals surface area contributed by atoms with Gasteiger partial charge >= 0.3 is 0 Å². The summed E-state index contributed by atoms with van der Waals surface area (Å²) in [4.78, 5) is 19.2. The fourth-order valence-corrected chi connectivity index (χ4v) is 3.24. The number of hydrogen-bond acceptors (Lipinski definition) is 4. The zero-order valence-electron chi connectivity index (χ0n) is 14.6. The lowest BCUT2D eigenvalue weighted by Crippen LogP contribution is -2.40. The molecule has 5 nitrogen and oxygen atoms in total. The van der Waals surface area contributed by atoms with E-state index in [2.05, 4.69) is 4.98 Å². The summed E-state index contributed by atoms with van der Waals surface area (Å²) >= 11 is 0. The summed E-state index contributed by atoms with van der Waals surface area (Å²) in [5.41, 5.74) is 3.54. The van der Waals surface area contributed by atoms with Gasteiger partial charge in [0.2, 0.25) is 5.88 Å². The quantitative estimate of drug-likeness (QED) is 0.728. The van der Waals surface area contributed by atoms with E-state index >= 15 is 0 Å². The molecule has 2 aromatic carbocycles. The molecular weight excluding hydrogens is 328 g/mol. The summed E-state index contributed by atoms with van der Waals surface area (Å²) in [6.45, 7) is 2.44. The summed E-state index contributed by atoms with van der Waals surface area (Å²) in [5.74, 6) is 0.591. The lowest BCUT2D eigenvalue weighted by Gasteiger charge is -2.27. The molecule has 132 valence electrons. The van der Waals surface area contributed by atoms with Crippen LogP contribution in [0.2, 0.25) is 0 Å².